The van der Waals surface area contributed by atoms with Crippen molar-refractivity contribution in [3.63, 3.8) is 0 Å². The van der Waals surface area contributed by atoms with Crippen LogP contribution in [0.2, 0.25) is 0 Å². The fourth-order valence-electron chi connectivity index (χ4n) is 1.71. The van der Waals surface area contributed by atoms with Crippen molar-refractivity contribution in [2.45, 2.75) is 24.7 Å². The Labute approximate surface area is 95.2 Å². The molecule has 1 heterocycles. The molecule has 0 bridgehead atoms. The van der Waals surface area contributed by atoms with E-state index in [4.69, 9.17) is 5.11 Å². The van der Waals surface area contributed by atoms with Gasteiger partial charge in [-0.3, -0.25) is 0 Å². The maximum absolute atomic E-state index is 8.91. The molecule has 1 atom stereocenters. The second-order valence-electron chi connectivity index (χ2n) is 3.81. The number of rotatable bonds is 3. The van der Waals surface area contributed by atoms with E-state index in [1.807, 2.05) is 23.9 Å². The van der Waals surface area contributed by atoms with Crippen LogP contribution >= 0.6 is 11.8 Å². The second kappa shape index (κ2) is 5.38. The molecule has 0 spiro atoms. The van der Waals surface area contributed by atoms with Gasteiger partial charge in [0.25, 0.3) is 0 Å². The highest BCUT2D eigenvalue weighted by molar-refractivity contribution is 8.00. The number of thioether (sulfide) groups is 1. The Kier molecular flexibility index (Phi) is 3.87. The van der Waals surface area contributed by atoms with Crippen LogP contribution in [0, 0.1) is 0 Å². The lowest BCUT2D eigenvalue weighted by molar-refractivity contribution is 0.282. The maximum Gasteiger partial charge on any atom is 0.0681 e. The topological polar surface area (TPSA) is 20.2 Å². The summed E-state index contributed by atoms with van der Waals surface area (Å²) in [5, 5.41) is 9.62. The molecule has 1 saturated heterocycles. The summed E-state index contributed by atoms with van der Waals surface area (Å²) in [7, 11) is 0. The summed E-state index contributed by atoms with van der Waals surface area (Å²) >= 11 is 2.04. The maximum atomic E-state index is 8.91. The normalized spacial score (nSPS) is 21.3. The quantitative estimate of drug-likeness (QED) is 0.844. The van der Waals surface area contributed by atoms with Crippen LogP contribution in [0.3, 0.4) is 0 Å². The van der Waals surface area contributed by atoms with Crippen molar-refractivity contribution in [3.8, 4) is 0 Å². The molecule has 0 aliphatic carbocycles. The molecule has 0 saturated carbocycles. The van der Waals surface area contributed by atoms with Gasteiger partial charge in [0, 0.05) is 5.25 Å². The van der Waals surface area contributed by atoms with Crippen LogP contribution in [-0.2, 0) is 6.61 Å². The molecule has 0 radical (unpaired) electrons. The van der Waals surface area contributed by atoms with E-state index >= 15 is 0 Å². The van der Waals surface area contributed by atoms with Gasteiger partial charge in [0.05, 0.1) is 6.61 Å². The van der Waals surface area contributed by atoms with Gasteiger partial charge in [-0.1, -0.05) is 36.4 Å². The van der Waals surface area contributed by atoms with Crippen molar-refractivity contribution in [2.75, 3.05) is 5.75 Å². The minimum atomic E-state index is 0.127. The first-order valence-electron chi connectivity index (χ1n) is 5.38. The third-order valence-electron chi connectivity index (χ3n) is 2.63. The van der Waals surface area contributed by atoms with E-state index in [-0.39, 0.29) is 6.61 Å². The van der Waals surface area contributed by atoms with Crippen molar-refractivity contribution >= 4 is 17.8 Å². The second-order valence-corrected chi connectivity index (χ2v) is 5.16. The van der Waals surface area contributed by atoms with Gasteiger partial charge in [-0.25, -0.2) is 0 Å². The first-order valence-corrected chi connectivity index (χ1v) is 6.43. The minimum Gasteiger partial charge on any atom is -0.392 e. The van der Waals surface area contributed by atoms with E-state index < -0.39 is 0 Å². The highest BCUT2D eigenvalue weighted by Crippen LogP contribution is 2.27. The summed E-state index contributed by atoms with van der Waals surface area (Å²) in [6.07, 6.45) is 7.15. The first kappa shape index (κ1) is 10.8. The Hall–Kier alpha value is -0.730. The fraction of sp³-hybridized carbons (Fsp3) is 0.385. The van der Waals surface area contributed by atoms with E-state index in [0.717, 1.165) is 5.56 Å². The van der Waals surface area contributed by atoms with Gasteiger partial charge in [-0.2, -0.15) is 11.8 Å². The Morgan fingerprint density at radius 1 is 1.33 bits per heavy atom. The summed E-state index contributed by atoms with van der Waals surface area (Å²) < 4.78 is 0. The van der Waals surface area contributed by atoms with Crippen molar-refractivity contribution in [1.82, 2.24) is 0 Å². The van der Waals surface area contributed by atoms with Gasteiger partial charge in [0.1, 0.15) is 0 Å². The number of hydrogen-bond acceptors (Lipinski definition) is 2. The number of aliphatic hydroxyl groups excluding tert-OH is 1. The summed E-state index contributed by atoms with van der Waals surface area (Å²) in [6.45, 7) is 0.127. The van der Waals surface area contributed by atoms with E-state index in [1.54, 1.807) is 0 Å². The lowest BCUT2D eigenvalue weighted by Crippen LogP contribution is -1.88. The van der Waals surface area contributed by atoms with E-state index in [9.17, 15) is 0 Å². The average Bonchev–Trinajstić information content (AvgIpc) is 2.80. The lowest BCUT2D eigenvalue weighted by atomic mass is 10.1. The standard InChI is InChI=1S/C13H16OS/c14-10-12-5-3-11(4-6-12)7-8-13-2-1-9-15-13/h3-8,13-14H,1-2,9-10H2/b8-7+. The predicted molar refractivity (Wildman–Crippen MR) is 66.9 cm³/mol. The minimum absolute atomic E-state index is 0.127. The Morgan fingerprint density at radius 2 is 2.13 bits per heavy atom. The Bertz CT molecular complexity index is 323. The molecule has 1 N–H and O–H groups in total. The highest BCUT2D eigenvalue weighted by atomic mass is 32.2. The monoisotopic (exact) mass is 220 g/mol. The SMILES string of the molecule is OCc1ccc(/C=C/C2CCCS2)cc1. The van der Waals surface area contributed by atoms with Crippen LogP contribution in [0.25, 0.3) is 6.08 Å². The van der Waals surface area contributed by atoms with Gasteiger partial charge in [-0.15, -0.1) is 0 Å². The van der Waals surface area contributed by atoms with Crippen molar-refractivity contribution in [1.29, 1.82) is 0 Å². The van der Waals surface area contributed by atoms with Crippen molar-refractivity contribution < 1.29 is 5.11 Å². The first-order chi connectivity index (χ1) is 7.38. The molecule has 1 aliphatic heterocycles. The summed E-state index contributed by atoms with van der Waals surface area (Å²) in [5.74, 6) is 1.30. The van der Waals surface area contributed by atoms with Crippen LogP contribution in [0.4, 0.5) is 0 Å². The van der Waals surface area contributed by atoms with Gasteiger partial charge >= 0.3 is 0 Å². The molecule has 1 unspecified atom stereocenters. The molecule has 1 aliphatic rings. The van der Waals surface area contributed by atoms with Gasteiger partial charge in [-0.05, 0) is 29.7 Å². The molecular formula is C13H16OS. The fourth-order valence-corrected chi connectivity index (χ4v) is 2.87. The largest absolute Gasteiger partial charge is 0.392 e. The van der Waals surface area contributed by atoms with Gasteiger partial charge in [0.15, 0.2) is 0 Å². The summed E-state index contributed by atoms with van der Waals surface area (Å²) in [5.41, 5.74) is 2.20. The van der Waals surface area contributed by atoms with Crippen molar-refractivity contribution in [3.05, 3.63) is 41.5 Å². The molecule has 1 fully saturated rings. The zero-order chi connectivity index (χ0) is 10.5. The van der Waals surface area contributed by atoms with Crippen LogP contribution in [-0.4, -0.2) is 16.1 Å². The van der Waals surface area contributed by atoms with E-state index in [0.29, 0.717) is 5.25 Å². The van der Waals surface area contributed by atoms with Crippen molar-refractivity contribution in [2.24, 2.45) is 0 Å². The smallest absolute Gasteiger partial charge is 0.0681 e. The Balaban J connectivity index is 1.97. The zero-order valence-corrected chi connectivity index (χ0v) is 9.54. The molecule has 1 nitrogen and oxygen atoms in total. The van der Waals surface area contributed by atoms with Gasteiger partial charge in [0.2, 0.25) is 0 Å². The summed E-state index contributed by atoms with van der Waals surface area (Å²) in [4.78, 5) is 0. The molecule has 2 heteroatoms. The van der Waals surface area contributed by atoms with Gasteiger partial charge < -0.3 is 5.11 Å². The summed E-state index contributed by atoms with van der Waals surface area (Å²) in [6, 6.07) is 8.06. The number of benzene rings is 1. The molecule has 0 amide bonds. The molecule has 1 aromatic carbocycles. The zero-order valence-electron chi connectivity index (χ0n) is 8.73. The van der Waals surface area contributed by atoms with Crippen LogP contribution in [0.15, 0.2) is 30.3 Å². The third-order valence-corrected chi connectivity index (χ3v) is 3.98. The van der Waals surface area contributed by atoms with E-state index in [2.05, 4.69) is 24.3 Å². The van der Waals surface area contributed by atoms with Crippen LogP contribution in [0.1, 0.15) is 24.0 Å². The molecular weight excluding hydrogens is 204 g/mol. The highest BCUT2D eigenvalue weighted by Gasteiger charge is 2.11. The van der Waals surface area contributed by atoms with Crippen LogP contribution < -0.4 is 0 Å². The molecule has 2 rings (SSSR count). The molecule has 15 heavy (non-hydrogen) atoms. The average molecular weight is 220 g/mol. The van der Waals surface area contributed by atoms with Crippen LogP contribution in [0.5, 0.6) is 0 Å². The Morgan fingerprint density at radius 3 is 2.73 bits per heavy atom. The van der Waals surface area contributed by atoms with E-state index in [1.165, 1.54) is 24.2 Å². The molecule has 0 aromatic heterocycles. The molecule has 80 valence electrons. The molecule has 1 aromatic rings. The third kappa shape index (κ3) is 3.11. The number of aliphatic hydroxyl groups is 1. The number of hydrogen-bond donors (Lipinski definition) is 1. The lowest BCUT2D eigenvalue weighted by Gasteiger charge is -2.00. The predicted octanol–water partition coefficient (Wildman–Crippen LogP) is 3.09.